The number of ether oxygens (including phenoxy) is 1. The van der Waals surface area contributed by atoms with Crippen molar-refractivity contribution in [1.82, 2.24) is 4.98 Å². The highest BCUT2D eigenvalue weighted by Gasteiger charge is 2.35. The molecule has 28 heavy (non-hydrogen) atoms. The molecule has 0 saturated heterocycles. The Morgan fingerprint density at radius 2 is 1.86 bits per heavy atom. The molecule has 1 N–H and O–H groups in total. The normalized spacial score (nSPS) is 18.5. The standard InChI is InChI=1S/C24H22N2O2/c1-14-6-11-17-19(25-14)13-12-18-22(15-7-9-16(28-2)10-8-15)23-20(26-24(17)18)4-3-5-21(23)27/h6-13,22,26H,3-5H2,1-2H3/t22-/m0/s1. The lowest BCUT2D eigenvalue weighted by molar-refractivity contribution is -0.116. The summed E-state index contributed by atoms with van der Waals surface area (Å²) in [5.74, 6) is 1.01. The Kier molecular flexibility index (Phi) is 3.93. The smallest absolute Gasteiger partial charge is 0.161 e. The van der Waals surface area contributed by atoms with Gasteiger partial charge >= 0.3 is 0 Å². The van der Waals surface area contributed by atoms with Crippen LogP contribution in [-0.2, 0) is 4.79 Å². The van der Waals surface area contributed by atoms with Crippen molar-refractivity contribution >= 4 is 22.4 Å². The van der Waals surface area contributed by atoms with Crippen LogP contribution in [0.3, 0.4) is 0 Å². The fraction of sp³-hybridized carbons (Fsp3) is 0.250. The Labute approximate surface area is 164 Å². The van der Waals surface area contributed by atoms with Crippen LogP contribution in [0.25, 0.3) is 10.9 Å². The van der Waals surface area contributed by atoms with Gasteiger partial charge in [0.25, 0.3) is 0 Å². The Balaban J connectivity index is 1.76. The van der Waals surface area contributed by atoms with E-state index in [2.05, 4.69) is 40.6 Å². The highest BCUT2D eigenvalue weighted by atomic mass is 16.5. The number of carbonyl (C=O) groups excluding carboxylic acids is 1. The van der Waals surface area contributed by atoms with Crippen LogP contribution < -0.4 is 10.1 Å². The minimum Gasteiger partial charge on any atom is -0.497 e. The number of benzene rings is 2. The third-order valence-corrected chi connectivity index (χ3v) is 5.82. The van der Waals surface area contributed by atoms with Gasteiger partial charge in [0.15, 0.2) is 5.78 Å². The lowest BCUT2D eigenvalue weighted by Gasteiger charge is -2.34. The number of fused-ring (bicyclic) bond motifs is 3. The molecule has 1 aliphatic carbocycles. The fourth-order valence-corrected chi connectivity index (χ4v) is 4.48. The first-order valence-corrected chi connectivity index (χ1v) is 9.73. The van der Waals surface area contributed by atoms with E-state index in [1.54, 1.807) is 7.11 Å². The SMILES string of the molecule is COc1ccc([C@@H]2C3=C(CCCC3=O)Nc3c2ccc2nc(C)ccc32)cc1. The lowest BCUT2D eigenvalue weighted by atomic mass is 9.75. The molecule has 0 unspecified atom stereocenters. The summed E-state index contributed by atoms with van der Waals surface area (Å²) >= 11 is 0. The summed E-state index contributed by atoms with van der Waals surface area (Å²) in [5.41, 5.74) is 7.30. The number of allylic oxidation sites excluding steroid dienone is 2. The largest absolute Gasteiger partial charge is 0.497 e. The van der Waals surface area contributed by atoms with Crippen molar-refractivity contribution in [2.45, 2.75) is 32.1 Å². The molecule has 5 rings (SSSR count). The average molecular weight is 370 g/mol. The van der Waals surface area contributed by atoms with Crippen LogP contribution in [0.15, 0.2) is 59.8 Å². The van der Waals surface area contributed by atoms with Gasteiger partial charge in [-0.05, 0) is 61.2 Å². The Morgan fingerprint density at radius 3 is 2.64 bits per heavy atom. The Morgan fingerprint density at radius 1 is 1.04 bits per heavy atom. The molecule has 2 heterocycles. The van der Waals surface area contributed by atoms with Crippen molar-refractivity contribution in [1.29, 1.82) is 0 Å². The van der Waals surface area contributed by atoms with E-state index in [1.165, 1.54) is 0 Å². The van der Waals surface area contributed by atoms with Crippen LogP contribution >= 0.6 is 0 Å². The van der Waals surface area contributed by atoms with Gasteiger partial charge in [-0.25, -0.2) is 0 Å². The van der Waals surface area contributed by atoms with E-state index >= 15 is 0 Å². The van der Waals surface area contributed by atoms with E-state index in [-0.39, 0.29) is 11.7 Å². The summed E-state index contributed by atoms with van der Waals surface area (Å²) in [6, 6.07) is 16.4. The molecular weight excluding hydrogens is 348 g/mol. The molecule has 0 radical (unpaired) electrons. The molecule has 2 aromatic carbocycles. The van der Waals surface area contributed by atoms with Crippen LogP contribution in [0.1, 0.15) is 42.0 Å². The molecule has 0 amide bonds. The highest BCUT2D eigenvalue weighted by molar-refractivity contribution is 6.04. The summed E-state index contributed by atoms with van der Waals surface area (Å²) < 4.78 is 5.32. The molecule has 2 aliphatic rings. The maximum Gasteiger partial charge on any atom is 0.161 e. The first kappa shape index (κ1) is 17.0. The van der Waals surface area contributed by atoms with Crippen LogP contribution in [-0.4, -0.2) is 17.9 Å². The summed E-state index contributed by atoms with van der Waals surface area (Å²) in [4.78, 5) is 17.6. The predicted molar refractivity (Wildman–Crippen MR) is 111 cm³/mol. The molecule has 0 fully saturated rings. The zero-order chi connectivity index (χ0) is 19.3. The van der Waals surface area contributed by atoms with Gasteiger partial charge in [0, 0.05) is 34.7 Å². The van der Waals surface area contributed by atoms with E-state index in [9.17, 15) is 4.79 Å². The van der Waals surface area contributed by atoms with Gasteiger partial charge in [-0.3, -0.25) is 9.78 Å². The molecule has 0 saturated carbocycles. The monoisotopic (exact) mass is 370 g/mol. The first-order valence-electron chi connectivity index (χ1n) is 9.73. The number of nitrogens with zero attached hydrogens (tertiary/aromatic N) is 1. The van der Waals surface area contributed by atoms with E-state index in [1.807, 2.05) is 25.1 Å². The van der Waals surface area contributed by atoms with Crippen molar-refractivity contribution in [2.75, 3.05) is 12.4 Å². The molecule has 3 aromatic rings. The van der Waals surface area contributed by atoms with Gasteiger partial charge in [-0.2, -0.15) is 0 Å². The zero-order valence-electron chi connectivity index (χ0n) is 16.1. The second-order valence-electron chi connectivity index (χ2n) is 7.55. The number of ketones is 1. The number of hydrogen-bond acceptors (Lipinski definition) is 4. The van der Waals surface area contributed by atoms with Crippen LogP contribution in [0.5, 0.6) is 5.75 Å². The van der Waals surface area contributed by atoms with Crippen molar-refractivity contribution in [3.05, 3.63) is 76.6 Å². The second kappa shape index (κ2) is 6.48. The third kappa shape index (κ3) is 2.60. The number of aromatic nitrogens is 1. The fourth-order valence-electron chi connectivity index (χ4n) is 4.48. The maximum absolute atomic E-state index is 12.9. The van der Waals surface area contributed by atoms with Crippen molar-refractivity contribution in [3.8, 4) is 5.75 Å². The lowest BCUT2D eigenvalue weighted by Crippen LogP contribution is -2.27. The van der Waals surface area contributed by atoms with Gasteiger partial charge in [-0.1, -0.05) is 18.2 Å². The number of hydrogen-bond donors (Lipinski definition) is 1. The third-order valence-electron chi connectivity index (χ3n) is 5.82. The zero-order valence-corrected chi connectivity index (χ0v) is 16.1. The average Bonchev–Trinajstić information content (AvgIpc) is 2.72. The van der Waals surface area contributed by atoms with Crippen LogP contribution in [0, 0.1) is 6.92 Å². The van der Waals surface area contributed by atoms with Gasteiger partial charge in [0.05, 0.1) is 18.3 Å². The molecule has 1 aliphatic heterocycles. The minimum atomic E-state index is -0.0596. The quantitative estimate of drug-likeness (QED) is 0.680. The van der Waals surface area contributed by atoms with Crippen LogP contribution in [0.2, 0.25) is 0 Å². The number of methoxy groups -OCH3 is 1. The molecule has 140 valence electrons. The molecule has 0 spiro atoms. The molecular formula is C24H22N2O2. The number of aryl methyl sites for hydroxylation is 1. The summed E-state index contributed by atoms with van der Waals surface area (Å²) in [5, 5.41) is 4.71. The topological polar surface area (TPSA) is 51.2 Å². The molecule has 4 heteroatoms. The van der Waals surface area contributed by atoms with Gasteiger partial charge in [0.1, 0.15) is 5.75 Å². The summed E-state index contributed by atoms with van der Waals surface area (Å²) in [6.07, 6.45) is 2.43. The Hall–Kier alpha value is -3.14. The highest BCUT2D eigenvalue weighted by Crippen LogP contribution is 2.47. The number of carbonyl (C=O) groups is 1. The summed E-state index contributed by atoms with van der Waals surface area (Å²) in [6.45, 7) is 2.01. The van der Waals surface area contributed by atoms with Crippen molar-refractivity contribution < 1.29 is 9.53 Å². The number of anilines is 1. The van der Waals surface area contributed by atoms with Gasteiger partial charge in [0.2, 0.25) is 0 Å². The predicted octanol–water partition coefficient (Wildman–Crippen LogP) is 5.12. The van der Waals surface area contributed by atoms with E-state index in [0.717, 1.165) is 63.3 Å². The first-order chi connectivity index (χ1) is 13.7. The molecule has 0 bridgehead atoms. The van der Waals surface area contributed by atoms with Gasteiger partial charge < -0.3 is 10.1 Å². The number of rotatable bonds is 2. The number of pyridine rings is 1. The number of Topliss-reactive ketones (excluding diaryl/α,β-unsaturated/α-hetero) is 1. The molecule has 1 atom stereocenters. The number of nitrogens with one attached hydrogen (secondary N) is 1. The maximum atomic E-state index is 12.9. The van der Waals surface area contributed by atoms with E-state index in [4.69, 9.17) is 4.74 Å². The van der Waals surface area contributed by atoms with Crippen molar-refractivity contribution in [3.63, 3.8) is 0 Å². The van der Waals surface area contributed by atoms with Crippen LogP contribution in [0.4, 0.5) is 5.69 Å². The second-order valence-corrected chi connectivity index (χ2v) is 7.55. The van der Waals surface area contributed by atoms with Gasteiger partial charge in [-0.15, -0.1) is 0 Å². The minimum absolute atomic E-state index is 0.0596. The molecule has 1 aromatic heterocycles. The van der Waals surface area contributed by atoms with E-state index < -0.39 is 0 Å². The molecule has 4 nitrogen and oxygen atoms in total. The van der Waals surface area contributed by atoms with E-state index in [0.29, 0.717) is 6.42 Å². The summed E-state index contributed by atoms with van der Waals surface area (Å²) in [7, 11) is 1.67. The Bertz CT molecular complexity index is 1130. The van der Waals surface area contributed by atoms with Crippen molar-refractivity contribution in [2.24, 2.45) is 0 Å².